The summed E-state index contributed by atoms with van der Waals surface area (Å²) in [4.78, 5) is 1.44. The van der Waals surface area contributed by atoms with Crippen LogP contribution >= 0.6 is 27.3 Å². The quantitative estimate of drug-likeness (QED) is 0.813. The summed E-state index contributed by atoms with van der Waals surface area (Å²) in [7, 11) is 0. The van der Waals surface area contributed by atoms with Gasteiger partial charge in [0.2, 0.25) is 0 Å². The van der Waals surface area contributed by atoms with Gasteiger partial charge < -0.3 is 5.32 Å². The van der Waals surface area contributed by atoms with Crippen molar-refractivity contribution < 1.29 is 0 Å². The third kappa shape index (κ3) is 4.44. The Bertz CT molecular complexity index is 521. The average Bonchev–Trinajstić information content (AvgIpc) is 2.78. The Morgan fingerprint density at radius 2 is 1.95 bits per heavy atom. The predicted octanol–water partition coefficient (Wildman–Crippen LogP) is 4.58. The van der Waals surface area contributed by atoms with Crippen molar-refractivity contribution in [1.29, 1.82) is 0 Å². The molecule has 0 aliphatic heterocycles. The van der Waals surface area contributed by atoms with Gasteiger partial charge in [-0.3, -0.25) is 0 Å². The van der Waals surface area contributed by atoms with E-state index in [9.17, 15) is 0 Å². The zero-order chi connectivity index (χ0) is 13.7. The summed E-state index contributed by atoms with van der Waals surface area (Å²) >= 11 is 5.37. The first-order valence-electron chi connectivity index (χ1n) is 6.71. The zero-order valence-electron chi connectivity index (χ0n) is 11.4. The highest BCUT2D eigenvalue weighted by Crippen LogP contribution is 2.24. The van der Waals surface area contributed by atoms with Crippen molar-refractivity contribution in [3.05, 3.63) is 56.2 Å². The molecule has 1 N–H and O–H groups in total. The Kier molecular flexibility index (Phi) is 5.61. The van der Waals surface area contributed by atoms with Gasteiger partial charge in [0.05, 0.1) is 3.79 Å². The second-order valence-electron chi connectivity index (χ2n) is 4.80. The molecule has 0 amide bonds. The molecule has 1 atom stereocenters. The van der Waals surface area contributed by atoms with Gasteiger partial charge >= 0.3 is 0 Å². The standard InChI is InChI=1S/C16H20BrNS/c1-3-18-14(11-15-8-9-16(17)19-15)10-13-7-5-4-6-12(13)2/h4-9,14,18H,3,10-11H2,1-2H3. The third-order valence-electron chi connectivity index (χ3n) is 3.30. The summed E-state index contributed by atoms with van der Waals surface area (Å²) in [6.45, 7) is 5.39. The minimum absolute atomic E-state index is 0.511. The molecule has 0 bridgehead atoms. The van der Waals surface area contributed by atoms with E-state index in [2.05, 4.69) is 71.5 Å². The summed E-state index contributed by atoms with van der Waals surface area (Å²) in [6.07, 6.45) is 2.19. The van der Waals surface area contributed by atoms with Gasteiger partial charge in [-0.05, 0) is 65.5 Å². The van der Waals surface area contributed by atoms with Gasteiger partial charge in [0.25, 0.3) is 0 Å². The number of likely N-dealkylation sites (N-methyl/N-ethyl adjacent to an activating group) is 1. The third-order valence-corrected chi connectivity index (χ3v) is 4.94. The smallest absolute Gasteiger partial charge is 0.0701 e. The number of rotatable bonds is 6. The lowest BCUT2D eigenvalue weighted by molar-refractivity contribution is 0.523. The van der Waals surface area contributed by atoms with E-state index in [0.717, 1.165) is 19.4 Å². The van der Waals surface area contributed by atoms with Gasteiger partial charge in [-0.25, -0.2) is 0 Å². The van der Waals surface area contributed by atoms with E-state index in [1.54, 1.807) is 0 Å². The van der Waals surface area contributed by atoms with Crippen molar-refractivity contribution in [3.8, 4) is 0 Å². The van der Waals surface area contributed by atoms with Gasteiger partial charge in [-0.1, -0.05) is 31.2 Å². The highest BCUT2D eigenvalue weighted by molar-refractivity contribution is 9.11. The maximum atomic E-state index is 3.61. The van der Waals surface area contributed by atoms with Gasteiger partial charge in [0.15, 0.2) is 0 Å². The van der Waals surface area contributed by atoms with Crippen molar-refractivity contribution >= 4 is 27.3 Å². The largest absolute Gasteiger partial charge is 0.314 e. The first-order valence-corrected chi connectivity index (χ1v) is 8.32. The number of halogens is 1. The molecule has 1 heterocycles. The monoisotopic (exact) mass is 337 g/mol. The number of hydrogen-bond donors (Lipinski definition) is 1. The Labute approximate surface area is 128 Å². The normalized spacial score (nSPS) is 12.6. The number of thiophene rings is 1. The second-order valence-corrected chi connectivity index (χ2v) is 7.34. The minimum atomic E-state index is 0.511. The SMILES string of the molecule is CCNC(Cc1ccc(Br)s1)Cc1ccccc1C. The van der Waals surface area contributed by atoms with Crippen LogP contribution in [0, 0.1) is 6.92 Å². The lowest BCUT2D eigenvalue weighted by atomic mass is 9.99. The van der Waals surface area contributed by atoms with E-state index in [1.165, 1.54) is 19.8 Å². The van der Waals surface area contributed by atoms with Crippen molar-refractivity contribution in [2.24, 2.45) is 0 Å². The number of nitrogens with one attached hydrogen (secondary N) is 1. The zero-order valence-corrected chi connectivity index (χ0v) is 13.9. The number of benzene rings is 1. The molecule has 0 saturated carbocycles. The van der Waals surface area contributed by atoms with E-state index in [4.69, 9.17) is 0 Å². The summed E-state index contributed by atoms with van der Waals surface area (Å²) in [5.74, 6) is 0. The van der Waals surface area contributed by atoms with Crippen LogP contribution in [-0.2, 0) is 12.8 Å². The molecule has 0 aliphatic carbocycles. The van der Waals surface area contributed by atoms with Crippen LogP contribution in [0.5, 0.6) is 0 Å². The summed E-state index contributed by atoms with van der Waals surface area (Å²) in [6, 6.07) is 13.5. The van der Waals surface area contributed by atoms with Crippen LogP contribution in [0.2, 0.25) is 0 Å². The topological polar surface area (TPSA) is 12.0 Å². The molecule has 1 aromatic carbocycles. The van der Waals surface area contributed by atoms with Gasteiger partial charge in [-0.15, -0.1) is 11.3 Å². The fraction of sp³-hybridized carbons (Fsp3) is 0.375. The summed E-state index contributed by atoms with van der Waals surface area (Å²) in [5, 5.41) is 3.61. The number of aryl methyl sites for hydroxylation is 1. The maximum Gasteiger partial charge on any atom is 0.0701 e. The lowest BCUT2D eigenvalue weighted by Crippen LogP contribution is -2.33. The molecule has 0 radical (unpaired) electrons. The highest BCUT2D eigenvalue weighted by atomic mass is 79.9. The first-order chi connectivity index (χ1) is 9.19. The average molecular weight is 338 g/mol. The molecule has 0 aliphatic rings. The van der Waals surface area contributed by atoms with Crippen molar-refractivity contribution in [1.82, 2.24) is 5.32 Å². The predicted molar refractivity (Wildman–Crippen MR) is 88.1 cm³/mol. The molecule has 102 valence electrons. The fourth-order valence-corrected chi connectivity index (χ4v) is 3.88. The van der Waals surface area contributed by atoms with Gasteiger partial charge in [-0.2, -0.15) is 0 Å². The van der Waals surface area contributed by atoms with E-state index >= 15 is 0 Å². The highest BCUT2D eigenvalue weighted by Gasteiger charge is 2.12. The van der Waals surface area contributed by atoms with E-state index < -0.39 is 0 Å². The first kappa shape index (κ1) is 14.8. The van der Waals surface area contributed by atoms with Crippen molar-refractivity contribution in [2.75, 3.05) is 6.54 Å². The Morgan fingerprint density at radius 3 is 2.58 bits per heavy atom. The van der Waals surface area contributed by atoms with Crippen LogP contribution in [0.25, 0.3) is 0 Å². The summed E-state index contributed by atoms with van der Waals surface area (Å²) in [5.41, 5.74) is 2.84. The molecule has 2 aromatic rings. The molecule has 1 unspecified atom stereocenters. The van der Waals surface area contributed by atoms with E-state index in [1.807, 2.05) is 11.3 Å². The van der Waals surface area contributed by atoms with Crippen molar-refractivity contribution in [3.63, 3.8) is 0 Å². The van der Waals surface area contributed by atoms with Crippen LogP contribution in [0.3, 0.4) is 0 Å². The maximum absolute atomic E-state index is 3.61. The van der Waals surface area contributed by atoms with Crippen LogP contribution < -0.4 is 5.32 Å². The van der Waals surface area contributed by atoms with Crippen LogP contribution in [0.1, 0.15) is 22.9 Å². The van der Waals surface area contributed by atoms with Crippen LogP contribution in [0.4, 0.5) is 0 Å². The van der Waals surface area contributed by atoms with Crippen LogP contribution in [0.15, 0.2) is 40.2 Å². The lowest BCUT2D eigenvalue weighted by Gasteiger charge is -2.18. The molecular weight excluding hydrogens is 318 g/mol. The minimum Gasteiger partial charge on any atom is -0.314 e. The Hall–Kier alpha value is -0.640. The van der Waals surface area contributed by atoms with Gasteiger partial charge in [0, 0.05) is 10.9 Å². The molecule has 0 saturated heterocycles. The van der Waals surface area contributed by atoms with Gasteiger partial charge in [0.1, 0.15) is 0 Å². The van der Waals surface area contributed by atoms with E-state index in [-0.39, 0.29) is 0 Å². The molecule has 0 fully saturated rings. The molecule has 1 nitrogen and oxygen atoms in total. The Morgan fingerprint density at radius 1 is 1.16 bits per heavy atom. The molecule has 0 spiro atoms. The van der Waals surface area contributed by atoms with Crippen molar-refractivity contribution in [2.45, 2.75) is 32.7 Å². The van der Waals surface area contributed by atoms with Crippen LogP contribution in [-0.4, -0.2) is 12.6 Å². The molecule has 19 heavy (non-hydrogen) atoms. The molecule has 1 aromatic heterocycles. The van der Waals surface area contributed by atoms with E-state index in [0.29, 0.717) is 6.04 Å². The second kappa shape index (κ2) is 7.22. The number of hydrogen-bond acceptors (Lipinski definition) is 2. The molecule has 3 heteroatoms. The fourth-order valence-electron chi connectivity index (χ4n) is 2.31. The molecule has 2 rings (SSSR count). The molecular formula is C16H20BrNS. The summed E-state index contributed by atoms with van der Waals surface area (Å²) < 4.78 is 1.22. The Balaban J connectivity index is 2.06.